The molecule has 2 heterocycles. The first-order chi connectivity index (χ1) is 13.9. The maximum atomic E-state index is 12.5. The molecule has 166 valence electrons. The molecule has 0 aliphatic carbocycles. The molecule has 2 amide bonds. The highest BCUT2D eigenvalue weighted by molar-refractivity contribution is 8.14. The number of amides is 2. The van der Waals surface area contributed by atoms with E-state index < -0.39 is 19.9 Å². The number of carbonyl (C=O) groups is 2. The number of hydrogen-bond acceptors (Lipinski definition) is 5. The molecule has 0 aromatic heterocycles. The van der Waals surface area contributed by atoms with E-state index in [1.54, 1.807) is 9.80 Å². The minimum absolute atomic E-state index is 0.0826. The van der Waals surface area contributed by atoms with Gasteiger partial charge < -0.3 is 14.5 Å². The van der Waals surface area contributed by atoms with Gasteiger partial charge >= 0.3 is 6.09 Å². The molecule has 1 aromatic rings. The predicted molar refractivity (Wildman–Crippen MR) is 115 cm³/mol. The molecule has 0 radical (unpaired) electrons. The number of piperidine rings is 1. The van der Waals surface area contributed by atoms with E-state index in [0.717, 1.165) is 5.56 Å². The van der Waals surface area contributed by atoms with Gasteiger partial charge in [0.15, 0.2) is 0 Å². The minimum Gasteiger partial charge on any atom is -0.444 e. The van der Waals surface area contributed by atoms with Crippen molar-refractivity contribution in [3.8, 4) is 0 Å². The van der Waals surface area contributed by atoms with E-state index in [2.05, 4.69) is 0 Å². The Morgan fingerprint density at radius 2 is 1.80 bits per heavy atom. The molecule has 2 aliphatic rings. The van der Waals surface area contributed by atoms with Gasteiger partial charge in [0.1, 0.15) is 10.9 Å². The van der Waals surface area contributed by atoms with E-state index in [4.69, 9.17) is 15.4 Å². The van der Waals surface area contributed by atoms with E-state index >= 15 is 0 Å². The lowest BCUT2D eigenvalue weighted by Crippen LogP contribution is -2.51. The quantitative estimate of drug-likeness (QED) is 0.650. The maximum absolute atomic E-state index is 12.5. The smallest absolute Gasteiger partial charge is 0.410 e. The standard InChI is InChI=1S/C21H29ClN2O5S/c1-20(2,3)29-19(26)23-11-9-21(10-12-23,16-7-5-4-6-8-16)15-24-14-17(13-18(24)25)30(22,27)28/h4-8,17H,9-15H2,1-3H3. The molecule has 1 aromatic carbocycles. The highest BCUT2D eigenvalue weighted by Gasteiger charge is 2.44. The largest absolute Gasteiger partial charge is 0.444 e. The summed E-state index contributed by atoms with van der Waals surface area (Å²) in [6, 6.07) is 9.90. The van der Waals surface area contributed by atoms with Crippen LogP contribution >= 0.6 is 10.7 Å². The second-order valence-electron chi connectivity index (χ2n) is 9.19. The topological polar surface area (TPSA) is 84.0 Å². The average molecular weight is 457 g/mol. The van der Waals surface area contributed by atoms with Crippen LogP contribution in [0, 0.1) is 0 Å². The normalized spacial score (nSPS) is 22.3. The van der Waals surface area contributed by atoms with E-state index in [9.17, 15) is 18.0 Å². The molecule has 30 heavy (non-hydrogen) atoms. The molecule has 2 saturated heterocycles. The van der Waals surface area contributed by atoms with E-state index in [0.29, 0.717) is 32.5 Å². The van der Waals surface area contributed by atoms with Gasteiger partial charge in [-0.2, -0.15) is 0 Å². The van der Waals surface area contributed by atoms with Crippen LogP contribution in [-0.4, -0.2) is 67.2 Å². The Bertz CT molecular complexity index is 890. The molecule has 0 bridgehead atoms. The van der Waals surface area contributed by atoms with Crippen molar-refractivity contribution in [3.05, 3.63) is 35.9 Å². The predicted octanol–water partition coefficient (Wildman–Crippen LogP) is 3.12. The summed E-state index contributed by atoms with van der Waals surface area (Å²) in [7, 11) is 1.72. The van der Waals surface area contributed by atoms with Crippen molar-refractivity contribution in [1.29, 1.82) is 0 Å². The molecule has 2 fully saturated rings. The summed E-state index contributed by atoms with van der Waals surface area (Å²) in [5.74, 6) is -0.200. The summed E-state index contributed by atoms with van der Waals surface area (Å²) in [6.45, 7) is 7.03. The molecule has 9 heteroatoms. The Labute approximate surface area is 182 Å². The first-order valence-corrected chi connectivity index (χ1v) is 12.5. The number of benzene rings is 1. The van der Waals surface area contributed by atoms with Crippen LogP contribution in [0.4, 0.5) is 4.79 Å². The minimum atomic E-state index is -3.79. The molecule has 2 aliphatic heterocycles. The van der Waals surface area contributed by atoms with Crippen LogP contribution in [0.1, 0.15) is 45.6 Å². The lowest BCUT2D eigenvalue weighted by atomic mass is 9.72. The van der Waals surface area contributed by atoms with Crippen molar-refractivity contribution in [1.82, 2.24) is 9.80 Å². The molecule has 0 spiro atoms. The van der Waals surface area contributed by atoms with Gasteiger partial charge in [0.25, 0.3) is 0 Å². The van der Waals surface area contributed by atoms with Gasteiger partial charge in [0, 0.05) is 48.7 Å². The number of hydrogen-bond donors (Lipinski definition) is 0. The molecule has 3 rings (SSSR count). The molecule has 7 nitrogen and oxygen atoms in total. The van der Waals surface area contributed by atoms with Crippen molar-refractivity contribution >= 4 is 31.7 Å². The van der Waals surface area contributed by atoms with Crippen molar-refractivity contribution in [2.45, 2.75) is 56.3 Å². The summed E-state index contributed by atoms with van der Waals surface area (Å²) in [5.41, 5.74) is 0.161. The zero-order valence-corrected chi connectivity index (χ0v) is 19.2. The molecule has 0 saturated carbocycles. The Morgan fingerprint density at radius 1 is 1.20 bits per heavy atom. The third kappa shape index (κ3) is 5.27. The van der Waals surface area contributed by atoms with Crippen LogP contribution in [0.3, 0.4) is 0 Å². The van der Waals surface area contributed by atoms with Crippen molar-refractivity contribution < 1.29 is 22.7 Å². The monoisotopic (exact) mass is 456 g/mol. The fourth-order valence-electron chi connectivity index (χ4n) is 4.22. The van der Waals surface area contributed by atoms with Crippen LogP contribution in [0.15, 0.2) is 30.3 Å². The zero-order chi connectivity index (χ0) is 22.2. The van der Waals surface area contributed by atoms with Crippen molar-refractivity contribution in [2.24, 2.45) is 0 Å². The Balaban J connectivity index is 1.78. The fourth-order valence-corrected chi connectivity index (χ4v) is 5.27. The van der Waals surface area contributed by atoms with Crippen LogP contribution in [0.25, 0.3) is 0 Å². The van der Waals surface area contributed by atoms with Crippen molar-refractivity contribution in [3.63, 3.8) is 0 Å². The zero-order valence-electron chi connectivity index (χ0n) is 17.6. The van der Waals surface area contributed by atoms with Gasteiger partial charge in [-0.25, -0.2) is 13.2 Å². The average Bonchev–Trinajstić information content (AvgIpc) is 3.02. The van der Waals surface area contributed by atoms with E-state index in [1.807, 2.05) is 51.1 Å². The number of likely N-dealkylation sites (tertiary alicyclic amines) is 2. The summed E-state index contributed by atoms with van der Waals surface area (Å²) >= 11 is 0. The Kier molecular flexibility index (Phi) is 6.39. The number of carbonyl (C=O) groups excluding carboxylic acids is 2. The second kappa shape index (κ2) is 8.38. The third-order valence-electron chi connectivity index (χ3n) is 5.83. The highest BCUT2D eigenvalue weighted by atomic mass is 35.7. The summed E-state index contributed by atoms with van der Waals surface area (Å²) in [4.78, 5) is 28.3. The first-order valence-electron chi connectivity index (χ1n) is 10.1. The molecular weight excluding hydrogens is 428 g/mol. The number of ether oxygens (including phenoxy) is 1. The van der Waals surface area contributed by atoms with Gasteiger partial charge in [0.2, 0.25) is 15.0 Å². The lowest BCUT2D eigenvalue weighted by Gasteiger charge is -2.44. The van der Waals surface area contributed by atoms with Gasteiger partial charge in [-0.05, 0) is 39.2 Å². The van der Waals surface area contributed by atoms with E-state index in [1.165, 1.54) is 0 Å². The molecule has 1 unspecified atom stereocenters. The second-order valence-corrected chi connectivity index (χ2v) is 12.1. The van der Waals surface area contributed by atoms with Crippen LogP contribution in [0.5, 0.6) is 0 Å². The molecular formula is C21H29ClN2O5S. The summed E-state index contributed by atoms with van der Waals surface area (Å²) in [5, 5.41) is -0.874. The summed E-state index contributed by atoms with van der Waals surface area (Å²) < 4.78 is 28.9. The highest BCUT2D eigenvalue weighted by Crippen LogP contribution is 2.38. The van der Waals surface area contributed by atoms with E-state index in [-0.39, 0.29) is 30.4 Å². The van der Waals surface area contributed by atoms with Crippen molar-refractivity contribution in [2.75, 3.05) is 26.2 Å². The molecule has 1 atom stereocenters. The van der Waals surface area contributed by atoms with Crippen LogP contribution < -0.4 is 0 Å². The summed E-state index contributed by atoms with van der Waals surface area (Å²) in [6.07, 6.45) is 0.881. The number of halogens is 1. The number of nitrogens with zero attached hydrogens (tertiary/aromatic N) is 2. The van der Waals surface area contributed by atoms with Crippen LogP contribution in [-0.2, 0) is 24.0 Å². The molecule has 0 N–H and O–H groups in total. The van der Waals surface area contributed by atoms with Gasteiger partial charge in [-0.15, -0.1) is 0 Å². The van der Waals surface area contributed by atoms with Crippen LogP contribution in [0.2, 0.25) is 0 Å². The van der Waals surface area contributed by atoms with Gasteiger partial charge in [0.05, 0.1) is 0 Å². The third-order valence-corrected chi connectivity index (χ3v) is 7.70. The fraction of sp³-hybridized carbons (Fsp3) is 0.619. The maximum Gasteiger partial charge on any atom is 0.410 e. The Hall–Kier alpha value is -1.80. The number of rotatable bonds is 4. The lowest BCUT2D eigenvalue weighted by molar-refractivity contribution is -0.128. The first kappa shape index (κ1) is 22.9. The Morgan fingerprint density at radius 3 is 2.30 bits per heavy atom. The van der Waals surface area contributed by atoms with Gasteiger partial charge in [-0.1, -0.05) is 30.3 Å². The van der Waals surface area contributed by atoms with Gasteiger partial charge in [-0.3, -0.25) is 4.79 Å². The SMILES string of the molecule is CC(C)(C)OC(=O)N1CCC(CN2CC(S(=O)(=O)Cl)CC2=O)(c2ccccc2)CC1.